The number of carbonyl (C=O) groups is 6. The first-order valence-corrected chi connectivity index (χ1v) is 46.6. The van der Waals surface area contributed by atoms with Crippen molar-refractivity contribution in [3.8, 4) is 74.3 Å². The van der Waals surface area contributed by atoms with Gasteiger partial charge in [-0.25, -0.2) is 64.8 Å². The van der Waals surface area contributed by atoms with Crippen molar-refractivity contribution in [2.24, 2.45) is 0 Å². The number of amides is 6. The molecule has 5 fully saturated rings. The van der Waals surface area contributed by atoms with Gasteiger partial charge in [-0.2, -0.15) is 65.9 Å². The molecule has 0 saturated carbocycles. The van der Waals surface area contributed by atoms with E-state index in [-0.39, 0.29) is 17.0 Å². The number of benzene rings is 4. The Hall–Kier alpha value is -15.4. The minimum Gasteiger partial charge on any atom is -0.481 e. The predicted octanol–water partition coefficient (Wildman–Crippen LogP) is 15.1. The first-order valence-electron chi connectivity index (χ1n) is 45.0. The Balaban J connectivity index is 0.000000164. The number of nitrogen functional groups attached to an aromatic ring is 1. The van der Waals surface area contributed by atoms with Crippen LogP contribution >= 0.6 is 22.7 Å². The summed E-state index contributed by atoms with van der Waals surface area (Å²) >= 11 is 2.68. The number of halogens is 15. The van der Waals surface area contributed by atoms with E-state index >= 15 is 0 Å². The predicted molar refractivity (Wildman–Crippen MR) is 512 cm³/mol. The van der Waals surface area contributed by atoms with Gasteiger partial charge < -0.3 is 76.3 Å². The monoisotopic (exact) mass is 2070 g/mol. The van der Waals surface area contributed by atoms with E-state index in [0.717, 1.165) is 48.0 Å². The standard InChI is InChI=1S/C20H19F3N6O2S.C20H18F3N5O.C18H17F3N6OS.C18H17F3N4O3.C17H18F3N5O2.3H2/c1-11(30)26-19-27-13-5-4-12(9-15(13)32-19)17-24-7-6-16(28-17)29-8-2-3-14(29)18(31)25-10-20(21,22)23;21-20(22,23)12-26-19(29)16-4-2-10-28(16)17-7-9-25-18(27-17)14-5-6-15-13(11-14)3-1-8-24-15;19-18(20,21)9-24-16(28)12-2-1-7-27(12)14-5-6-23-15(26-14)10-3-4-11-13(8-10)29-17(22)25-11;19-18(20,21)9-23-17(26)12-2-1-7-25(12)15-5-6-22-16(24-15)11-3-4-13-14(8-11)28-10-27-13;1-27-14-5-4-11(9-22-14)15-21-7-6-13(24-15)25-8-2-3-12(25)16(26)23-10-17(18,19)20;;;/h4-7,9,14H,2-3,8,10H2,1H3,(H,25,31)(H,26,27,30);1,3,5-9,11,16H,2,4,10,12H2,(H,26,29);3-6,8,12H,1-2,7,9H2,(H2,22,25)(H,24,28);3-6,8,12H,1-2,7,9-10H2,(H,23,26);4-7,9,12H,2-3,8,10H2,1H3,(H,23,26);3*1H/t14-;16-;3*12-;;;/m11111.../s1. The Morgan fingerprint density at radius 1 is 0.379 bits per heavy atom. The fraction of sp³-hybridized carbons (Fsp3) is 0.355. The number of hydrogen-bond donors (Lipinski definition) is 7. The van der Waals surface area contributed by atoms with E-state index in [4.69, 9.17) is 19.9 Å². The molecule has 35 nitrogen and oxygen atoms in total. The molecule has 145 heavy (non-hydrogen) atoms. The molecular weight excluding hydrogens is 1970 g/mol. The molecule has 6 aliphatic rings. The van der Waals surface area contributed by atoms with E-state index in [1.165, 1.54) is 36.7 Å². The highest BCUT2D eigenvalue weighted by molar-refractivity contribution is 7.22. The van der Waals surface area contributed by atoms with Gasteiger partial charge in [0.05, 0.1) is 33.1 Å². The number of nitrogens with one attached hydrogen (secondary N) is 6. The minimum absolute atomic E-state index is 0. The molecule has 0 radical (unpaired) electrons. The van der Waals surface area contributed by atoms with Crippen LogP contribution in [0.5, 0.6) is 17.4 Å². The number of pyridine rings is 2. The number of aromatic nitrogens is 14. The molecule has 0 aliphatic carbocycles. The highest BCUT2D eigenvalue weighted by Crippen LogP contribution is 2.40. The molecule has 768 valence electrons. The lowest BCUT2D eigenvalue weighted by Gasteiger charge is -2.25. The van der Waals surface area contributed by atoms with Crippen LogP contribution in [0, 0.1) is 0 Å². The number of nitrogens with two attached hydrogens (primary N) is 1. The minimum atomic E-state index is -4.46. The number of hydrogen-bond acceptors (Lipinski definition) is 31. The molecule has 0 spiro atoms. The van der Waals surface area contributed by atoms with Crippen LogP contribution in [0.3, 0.4) is 0 Å². The molecule has 4 aromatic carbocycles. The van der Waals surface area contributed by atoms with Crippen LogP contribution < -0.4 is 76.3 Å². The Morgan fingerprint density at radius 3 is 1.07 bits per heavy atom. The third-order valence-corrected chi connectivity index (χ3v) is 24.8. The van der Waals surface area contributed by atoms with Gasteiger partial charge in [-0.1, -0.05) is 28.7 Å². The number of rotatable bonds is 22. The first kappa shape index (κ1) is 104. The third kappa shape index (κ3) is 27.9. The number of carbonyl (C=O) groups excluding carboxylic acids is 6. The van der Waals surface area contributed by atoms with E-state index < -0.39 is 123 Å². The average molecular weight is 2070 g/mol. The molecule has 8 N–H and O–H groups in total. The van der Waals surface area contributed by atoms with Crippen molar-refractivity contribution in [2.45, 2.75) is 132 Å². The Bertz CT molecular complexity index is 6810. The summed E-state index contributed by atoms with van der Waals surface area (Å²) in [7, 11) is 1.51. The quantitative estimate of drug-likeness (QED) is 0.0310. The fourth-order valence-electron chi connectivity index (χ4n) is 16.6. The summed E-state index contributed by atoms with van der Waals surface area (Å²) in [6.07, 6.45) is -5.36. The number of fused-ring (bicyclic) bond motifs is 4. The number of alkyl halides is 15. The molecule has 6 amide bonds. The van der Waals surface area contributed by atoms with Gasteiger partial charge in [0.2, 0.25) is 48.1 Å². The van der Waals surface area contributed by atoms with E-state index in [1.807, 2.05) is 81.2 Å². The number of anilines is 7. The summed E-state index contributed by atoms with van der Waals surface area (Å²) in [5.74, 6) is 2.87. The zero-order valence-corrected chi connectivity index (χ0v) is 78.3. The molecule has 15 heterocycles. The van der Waals surface area contributed by atoms with Gasteiger partial charge in [0, 0.05) is 127 Å². The van der Waals surface area contributed by atoms with Crippen molar-refractivity contribution in [1.82, 2.24) is 96.4 Å². The largest absolute Gasteiger partial charge is 0.481 e. The highest BCUT2D eigenvalue weighted by atomic mass is 32.1. The van der Waals surface area contributed by atoms with Crippen LogP contribution in [0.4, 0.5) is 105 Å². The summed E-state index contributed by atoms with van der Waals surface area (Å²) in [5.41, 5.74) is 11.8. The van der Waals surface area contributed by atoms with Gasteiger partial charge in [-0.3, -0.25) is 33.8 Å². The smallest absolute Gasteiger partial charge is 0.405 e. The molecule has 5 atom stereocenters. The van der Waals surface area contributed by atoms with E-state index in [9.17, 15) is 94.6 Å². The van der Waals surface area contributed by atoms with Gasteiger partial charge in [0.15, 0.2) is 50.9 Å². The summed E-state index contributed by atoms with van der Waals surface area (Å²) in [5, 5.41) is 14.4. The van der Waals surface area contributed by atoms with E-state index in [1.54, 1.807) is 141 Å². The summed E-state index contributed by atoms with van der Waals surface area (Å²) < 4.78 is 204. The number of thiazole rings is 2. The Labute approximate surface area is 826 Å². The lowest BCUT2D eigenvalue weighted by atomic mass is 10.1. The maximum atomic E-state index is 12.5. The lowest BCUT2D eigenvalue weighted by molar-refractivity contribution is -0.139. The van der Waals surface area contributed by atoms with Gasteiger partial charge >= 0.3 is 30.9 Å². The molecule has 52 heteroatoms. The molecular formula is C93H95F15N26O9S2. The van der Waals surface area contributed by atoms with Gasteiger partial charge in [-0.15, -0.1) is 0 Å². The fourth-order valence-corrected chi connectivity index (χ4v) is 18.3. The van der Waals surface area contributed by atoms with Crippen LogP contribution in [0.2, 0.25) is 0 Å². The topological polar surface area (TPSA) is 425 Å². The number of methoxy groups -OCH3 is 1. The average Bonchev–Trinajstić information content (AvgIpc) is 1.63. The number of ether oxygens (including phenoxy) is 3. The Kier molecular flexibility index (Phi) is 32.6. The van der Waals surface area contributed by atoms with E-state index in [0.29, 0.717) is 194 Å². The van der Waals surface area contributed by atoms with Crippen molar-refractivity contribution in [3.63, 3.8) is 0 Å². The van der Waals surface area contributed by atoms with Crippen LogP contribution in [-0.2, 0) is 28.8 Å². The van der Waals surface area contributed by atoms with Crippen molar-refractivity contribution >= 4 is 129 Å². The normalized spacial score (nSPS) is 17.1. The first-order chi connectivity index (χ1) is 69.2. The molecule has 9 aromatic heterocycles. The van der Waals surface area contributed by atoms with Gasteiger partial charge in [0.1, 0.15) is 92.0 Å². The summed E-state index contributed by atoms with van der Waals surface area (Å²) in [4.78, 5) is 142. The van der Waals surface area contributed by atoms with Gasteiger partial charge in [0.25, 0.3) is 0 Å². The molecule has 13 aromatic rings. The maximum absolute atomic E-state index is 12.5. The second kappa shape index (κ2) is 45.5. The second-order valence-corrected chi connectivity index (χ2v) is 35.4. The van der Waals surface area contributed by atoms with Crippen LogP contribution in [0.15, 0.2) is 171 Å². The van der Waals surface area contributed by atoms with Crippen LogP contribution in [-0.4, -0.2) is 246 Å². The van der Waals surface area contributed by atoms with Crippen molar-refractivity contribution in [3.05, 3.63) is 171 Å². The summed E-state index contributed by atoms with van der Waals surface area (Å²) in [6.45, 7) is -2.52. The van der Waals surface area contributed by atoms with E-state index in [2.05, 4.69) is 75.1 Å². The van der Waals surface area contributed by atoms with Gasteiger partial charge in [-0.05, 0) is 179 Å². The molecule has 19 rings (SSSR count). The molecule has 0 bridgehead atoms. The molecule has 5 saturated heterocycles. The van der Waals surface area contributed by atoms with Crippen LogP contribution in [0.25, 0.3) is 88.3 Å². The van der Waals surface area contributed by atoms with Crippen LogP contribution in [0.1, 0.15) is 75.4 Å². The lowest BCUT2D eigenvalue weighted by Crippen LogP contribution is -2.46. The second-order valence-electron chi connectivity index (χ2n) is 33.3. The SMILES string of the molecule is CC(=O)Nc1nc2ccc(-c3nccc(N4CCC[C@@H]4C(=O)NCC(F)(F)F)n3)cc2s1.COc1ccc(-c2nccc(N3CCC[C@@H]3C(=O)NCC(F)(F)F)n2)cn1.Nc1nc2ccc(-c3nccc(N4CCC[C@@H]4C(=O)NCC(F)(F)F)n3)cc2s1.O=C(NCC(F)(F)F)[C@H]1CCCN1c1ccnc(-c2ccc3c(c2)OCO3)n1.O=C(NCC(F)(F)F)[C@H]1CCCN1c1ccnc(-c2ccc3ncccc3c2)n1.[HH].[HH].[HH]. The molecule has 0 unspecified atom stereocenters. The third-order valence-electron chi connectivity index (χ3n) is 23.1. The highest BCUT2D eigenvalue weighted by Gasteiger charge is 2.42. The summed E-state index contributed by atoms with van der Waals surface area (Å²) in [6, 6.07) is 34.0. The maximum Gasteiger partial charge on any atom is 0.405 e. The van der Waals surface area contributed by atoms with Crippen molar-refractivity contribution in [1.29, 1.82) is 0 Å². The zero-order valence-electron chi connectivity index (χ0n) is 76.6. The number of nitrogens with zero attached hydrogens (tertiary/aromatic N) is 19. The van der Waals surface area contributed by atoms with Crippen molar-refractivity contribution in [2.75, 3.05) is 115 Å². The van der Waals surface area contributed by atoms with Crippen molar-refractivity contribution < 1.29 is 113 Å². The zero-order chi connectivity index (χ0) is 103. The Morgan fingerprint density at radius 2 is 0.710 bits per heavy atom. The molecule has 6 aliphatic heterocycles.